The third kappa shape index (κ3) is 4.49. The van der Waals surface area contributed by atoms with E-state index in [9.17, 15) is 4.79 Å². The largest absolute Gasteiger partial charge is 0.379 e. The van der Waals surface area contributed by atoms with Crippen LogP contribution in [0.25, 0.3) is 4.96 Å². The molecule has 0 spiro atoms. The molecule has 1 N–H and O–H groups in total. The van der Waals surface area contributed by atoms with Crippen LogP contribution >= 0.6 is 11.3 Å². The number of aromatic nitrogens is 6. The summed E-state index contributed by atoms with van der Waals surface area (Å²) < 4.78 is 8.82. The van der Waals surface area contributed by atoms with Crippen LogP contribution in [0.4, 0.5) is 0 Å². The number of amides is 1. The maximum Gasteiger partial charge on any atom is 0.273 e. The Bertz CT molecular complexity index is 879. The van der Waals surface area contributed by atoms with E-state index in [2.05, 4.69) is 30.6 Å². The van der Waals surface area contributed by atoms with Gasteiger partial charge in [0.15, 0.2) is 5.69 Å². The first-order valence-corrected chi connectivity index (χ1v) is 9.79. The average Bonchev–Trinajstić information content (AvgIpc) is 3.35. The fraction of sp³-hybridized carbons (Fsp3) is 0.562. The monoisotopic (exact) mass is 390 g/mol. The molecule has 0 bridgehead atoms. The highest BCUT2D eigenvalue weighted by Gasteiger charge is 2.13. The van der Waals surface area contributed by atoms with Crippen molar-refractivity contribution in [2.24, 2.45) is 0 Å². The van der Waals surface area contributed by atoms with Crippen LogP contribution in [-0.2, 0) is 17.7 Å². The van der Waals surface area contributed by atoms with Gasteiger partial charge in [-0.05, 0) is 6.92 Å². The van der Waals surface area contributed by atoms with E-state index in [0.29, 0.717) is 25.2 Å². The number of ether oxygens (including phenoxy) is 1. The van der Waals surface area contributed by atoms with Crippen LogP contribution in [0.1, 0.15) is 21.2 Å². The van der Waals surface area contributed by atoms with Crippen molar-refractivity contribution in [1.29, 1.82) is 0 Å². The van der Waals surface area contributed by atoms with Crippen LogP contribution in [0.2, 0.25) is 0 Å². The van der Waals surface area contributed by atoms with Crippen molar-refractivity contribution >= 4 is 22.2 Å². The number of hydrogen-bond donors (Lipinski definition) is 1. The standard InChI is InChI=1S/C16H22N8O2S/c1-12-20-24-10-13(18-16(24)27-12)2-3-17-15(25)14-11-23(21-19-14)5-4-22-6-8-26-9-7-22/h10-11H,2-9H2,1H3,(H,17,25). The zero-order valence-electron chi connectivity index (χ0n) is 15.2. The molecular weight excluding hydrogens is 368 g/mol. The molecule has 0 saturated carbocycles. The minimum absolute atomic E-state index is 0.220. The molecule has 0 unspecified atom stereocenters. The summed E-state index contributed by atoms with van der Waals surface area (Å²) in [5, 5.41) is 16.2. The lowest BCUT2D eigenvalue weighted by molar-refractivity contribution is 0.0359. The molecule has 1 fully saturated rings. The quantitative estimate of drug-likeness (QED) is 0.605. The Kier molecular flexibility index (Phi) is 5.41. The number of nitrogens with zero attached hydrogens (tertiary/aromatic N) is 7. The molecule has 1 aliphatic rings. The maximum absolute atomic E-state index is 12.2. The highest BCUT2D eigenvalue weighted by Crippen LogP contribution is 2.13. The van der Waals surface area contributed by atoms with Crippen molar-refractivity contribution in [3.63, 3.8) is 0 Å². The lowest BCUT2D eigenvalue weighted by atomic mass is 10.3. The molecule has 1 saturated heterocycles. The average molecular weight is 390 g/mol. The summed E-state index contributed by atoms with van der Waals surface area (Å²) in [7, 11) is 0. The molecular formula is C16H22N8O2S. The molecule has 144 valence electrons. The van der Waals surface area contributed by atoms with E-state index >= 15 is 0 Å². The predicted molar refractivity (Wildman–Crippen MR) is 98.9 cm³/mol. The Morgan fingerprint density at radius 2 is 2.15 bits per heavy atom. The van der Waals surface area contributed by atoms with Gasteiger partial charge in [-0.25, -0.2) is 9.50 Å². The number of hydrogen-bond acceptors (Lipinski definition) is 8. The van der Waals surface area contributed by atoms with E-state index in [0.717, 1.165) is 48.5 Å². The van der Waals surface area contributed by atoms with Gasteiger partial charge in [0.1, 0.15) is 5.01 Å². The second kappa shape index (κ2) is 8.11. The number of rotatable bonds is 7. The summed E-state index contributed by atoms with van der Waals surface area (Å²) >= 11 is 1.55. The van der Waals surface area contributed by atoms with Gasteiger partial charge in [0.05, 0.1) is 37.8 Å². The molecule has 1 aliphatic heterocycles. The SMILES string of the molecule is Cc1nn2cc(CCNC(=O)c3cn(CCN4CCOCC4)nn3)nc2s1. The summed E-state index contributed by atoms with van der Waals surface area (Å²) in [5.74, 6) is -0.220. The van der Waals surface area contributed by atoms with Gasteiger partial charge in [-0.15, -0.1) is 5.10 Å². The van der Waals surface area contributed by atoms with E-state index in [1.807, 2.05) is 13.1 Å². The molecule has 4 rings (SSSR count). The van der Waals surface area contributed by atoms with E-state index < -0.39 is 0 Å². The smallest absolute Gasteiger partial charge is 0.273 e. The first-order valence-electron chi connectivity index (χ1n) is 8.97. The molecule has 10 nitrogen and oxygen atoms in total. The molecule has 0 aromatic carbocycles. The van der Waals surface area contributed by atoms with Crippen molar-refractivity contribution < 1.29 is 9.53 Å². The molecule has 1 amide bonds. The fourth-order valence-electron chi connectivity index (χ4n) is 2.94. The van der Waals surface area contributed by atoms with E-state index in [1.165, 1.54) is 0 Å². The second-order valence-corrected chi connectivity index (χ2v) is 7.57. The maximum atomic E-state index is 12.2. The Morgan fingerprint density at radius 3 is 2.96 bits per heavy atom. The van der Waals surface area contributed by atoms with Gasteiger partial charge in [-0.3, -0.25) is 14.4 Å². The van der Waals surface area contributed by atoms with Crippen LogP contribution < -0.4 is 5.32 Å². The number of imidazole rings is 1. The van der Waals surface area contributed by atoms with Crippen molar-refractivity contribution in [2.75, 3.05) is 39.4 Å². The van der Waals surface area contributed by atoms with E-state index in [4.69, 9.17) is 4.74 Å². The highest BCUT2D eigenvalue weighted by atomic mass is 32.1. The summed E-state index contributed by atoms with van der Waals surface area (Å²) in [5.41, 5.74) is 1.24. The van der Waals surface area contributed by atoms with Gasteiger partial charge in [-0.2, -0.15) is 5.10 Å². The van der Waals surface area contributed by atoms with Gasteiger partial charge in [0.2, 0.25) is 4.96 Å². The number of aryl methyl sites for hydroxylation is 1. The van der Waals surface area contributed by atoms with Crippen molar-refractivity contribution in [3.05, 3.63) is 28.8 Å². The lowest BCUT2D eigenvalue weighted by Gasteiger charge is -2.26. The van der Waals surface area contributed by atoms with Crippen LogP contribution in [-0.4, -0.2) is 79.8 Å². The second-order valence-electron chi connectivity index (χ2n) is 6.41. The van der Waals surface area contributed by atoms with Gasteiger partial charge in [-0.1, -0.05) is 16.6 Å². The van der Waals surface area contributed by atoms with Crippen molar-refractivity contribution in [2.45, 2.75) is 19.9 Å². The van der Waals surface area contributed by atoms with Crippen LogP contribution in [0, 0.1) is 6.92 Å². The number of nitrogens with one attached hydrogen (secondary N) is 1. The molecule has 0 atom stereocenters. The van der Waals surface area contributed by atoms with Crippen LogP contribution in [0.3, 0.4) is 0 Å². The minimum atomic E-state index is -0.220. The summed E-state index contributed by atoms with van der Waals surface area (Å²) in [6.45, 7) is 7.43. The summed E-state index contributed by atoms with van der Waals surface area (Å²) in [4.78, 5) is 19.9. The third-order valence-corrected chi connectivity index (χ3v) is 5.22. The van der Waals surface area contributed by atoms with Crippen LogP contribution in [0.15, 0.2) is 12.4 Å². The fourth-order valence-corrected chi connectivity index (χ4v) is 3.68. The normalized spacial score (nSPS) is 15.4. The van der Waals surface area contributed by atoms with Gasteiger partial charge in [0.25, 0.3) is 5.91 Å². The summed E-state index contributed by atoms with van der Waals surface area (Å²) in [6, 6.07) is 0. The molecule has 3 aromatic rings. The van der Waals surface area contributed by atoms with Gasteiger partial charge >= 0.3 is 0 Å². The first kappa shape index (κ1) is 18.0. The molecule has 0 radical (unpaired) electrons. The Labute approximate surface area is 160 Å². The molecule has 11 heteroatoms. The number of carbonyl (C=O) groups is 1. The van der Waals surface area contributed by atoms with Crippen molar-refractivity contribution in [3.8, 4) is 0 Å². The Morgan fingerprint density at radius 1 is 1.30 bits per heavy atom. The lowest BCUT2D eigenvalue weighted by Crippen LogP contribution is -2.38. The van der Waals surface area contributed by atoms with Crippen LogP contribution in [0.5, 0.6) is 0 Å². The molecule has 0 aliphatic carbocycles. The molecule has 27 heavy (non-hydrogen) atoms. The Hall–Kier alpha value is -2.37. The van der Waals surface area contributed by atoms with Crippen molar-refractivity contribution in [1.82, 2.24) is 39.8 Å². The number of fused-ring (bicyclic) bond motifs is 1. The first-order chi connectivity index (χ1) is 13.2. The highest BCUT2D eigenvalue weighted by molar-refractivity contribution is 7.16. The third-order valence-electron chi connectivity index (χ3n) is 4.38. The zero-order chi connectivity index (χ0) is 18.6. The zero-order valence-corrected chi connectivity index (χ0v) is 16.0. The molecule has 4 heterocycles. The Balaban J connectivity index is 1.23. The molecule has 3 aromatic heterocycles. The number of morpholine rings is 1. The van der Waals surface area contributed by atoms with E-state index in [-0.39, 0.29) is 5.91 Å². The summed E-state index contributed by atoms with van der Waals surface area (Å²) in [6.07, 6.45) is 4.23. The number of carbonyl (C=O) groups excluding carboxylic acids is 1. The minimum Gasteiger partial charge on any atom is -0.379 e. The topological polar surface area (TPSA) is 102 Å². The predicted octanol–water partition coefficient (Wildman–Crippen LogP) is -0.00458. The van der Waals surface area contributed by atoms with Gasteiger partial charge in [0, 0.05) is 32.6 Å². The van der Waals surface area contributed by atoms with E-state index in [1.54, 1.807) is 26.7 Å². The van der Waals surface area contributed by atoms with Gasteiger partial charge < -0.3 is 10.1 Å².